The van der Waals surface area contributed by atoms with Crippen molar-refractivity contribution < 1.29 is 0 Å². The van der Waals surface area contributed by atoms with Gasteiger partial charge < -0.3 is 0 Å². The van der Waals surface area contributed by atoms with Crippen LogP contribution < -0.4 is 0 Å². The summed E-state index contributed by atoms with van der Waals surface area (Å²) in [5.74, 6) is 0.756. The van der Waals surface area contributed by atoms with E-state index >= 15 is 0 Å². The Hall–Kier alpha value is -0.690. The molecule has 0 aliphatic heterocycles. The van der Waals surface area contributed by atoms with E-state index < -0.39 is 0 Å². The Morgan fingerprint density at radius 3 is 2.65 bits per heavy atom. The summed E-state index contributed by atoms with van der Waals surface area (Å²) < 4.78 is 0. The van der Waals surface area contributed by atoms with E-state index in [1.165, 1.54) is 28.9 Å². The summed E-state index contributed by atoms with van der Waals surface area (Å²) in [6.07, 6.45) is 4.98. The summed E-state index contributed by atoms with van der Waals surface area (Å²) >= 11 is 2.07. The summed E-state index contributed by atoms with van der Waals surface area (Å²) in [4.78, 5) is 1.47. The molecule has 0 nitrogen and oxygen atoms in total. The third-order valence-electron chi connectivity index (χ3n) is 3.95. The average Bonchev–Trinajstić information content (AvgIpc) is 2.30. The molecule has 2 unspecified atom stereocenters. The molecule has 0 N–H and O–H groups in total. The Morgan fingerprint density at radius 2 is 1.94 bits per heavy atom. The fraction of sp³-hybridized carbons (Fsp3) is 0.500. The van der Waals surface area contributed by atoms with Gasteiger partial charge >= 0.3 is 0 Å². The zero-order valence-corrected chi connectivity index (χ0v) is 12.1. The highest BCUT2D eigenvalue weighted by atomic mass is 32.2. The van der Waals surface area contributed by atoms with Crippen LogP contribution in [0.25, 0.3) is 0 Å². The highest BCUT2D eigenvalue weighted by molar-refractivity contribution is 8.00. The molecule has 92 valence electrons. The molecular weight excluding hydrogens is 224 g/mol. The zero-order valence-electron chi connectivity index (χ0n) is 11.3. The van der Waals surface area contributed by atoms with Gasteiger partial charge in [-0.15, -0.1) is 11.8 Å². The van der Waals surface area contributed by atoms with Crippen LogP contribution in [-0.2, 0) is 0 Å². The molecule has 0 bridgehead atoms. The van der Waals surface area contributed by atoms with Gasteiger partial charge in [-0.1, -0.05) is 30.7 Å². The molecule has 1 aromatic rings. The first-order valence-corrected chi connectivity index (χ1v) is 7.35. The highest BCUT2D eigenvalue weighted by Gasteiger charge is 2.20. The molecule has 2 rings (SSSR count). The number of thioether (sulfide) groups is 1. The third kappa shape index (κ3) is 2.95. The average molecular weight is 246 g/mol. The molecule has 0 heterocycles. The maximum atomic E-state index is 2.43. The third-order valence-corrected chi connectivity index (χ3v) is 5.36. The summed E-state index contributed by atoms with van der Waals surface area (Å²) in [6.45, 7) is 9.06. The molecule has 2 atom stereocenters. The Balaban J connectivity index is 2.10. The minimum Gasteiger partial charge on any atom is -0.122 e. The predicted molar refractivity (Wildman–Crippen MR) is 77.7 cm³/mol. The van der Waals surface area contributed by atoms with Gasteiger partial charge in [0.15, 0.2) is 0 Å². The molecule has 0 fully saturated rings. The van der Waals surface area contributed by atoms with Gasteiger partial charge in [0.2, 0.25) is 0 Å². The number of hydrogen-bond donors (Lipinski definition) is 0. The maximum absolute atomic E-state index is 2.43. The van der Waals surface area contributed by atoms with Crippen LogP contribution in [0.4, 0.5) is 0 Å². The van der Waals surface area contributed by atoms with E-state index in [1.54, 1.807) is 5.57 Å². The normalized spacial score (nSPS) is 24.6. The first-order chi connectivity index (χ1) is 8.08. The van der Waals surface area contributed by atoms with Crippen LogP contribution in [-0.4, -0.2) is 5.25 Å². The molecule has 0 spiro atoms. The smallest absolute Gasteiger partial charge is 0.0135 e. The van der Waals surface area contributed by atoms with Crippen molar-refractivity contribution in [1.29, 1.82) is 0 Å². The molecule has 17 heavy (non-hydrogen) atoms. The van der Waals surface area contributed by atoms with Crippen molar-refractivity contribution in [1.82, 2.24) is 0 Å². The lowest BCUT2D eigenvalue weighted by Gasteiger charge is -2.26. The van der Waals surface area contributed by atoms with Crippen molar-refractivity contribution in [2.45, 2.75) is 50.7 Å². The van der Waals surface area contributed by atoms with Gasteiger partial charge in [-0.05, 0) is 56.7 Å². The molecule has 0 aromatic heterocycles. The van der Waals surface area contributed by atoms with Crippen molar-refractivity contribution in [3.8, 4) is 0 Å². The summed E-state index contributed by atoms with van der Waals surface area (Å²) in [6, 6.07) is 6.65. The highest BCUT2D eigenvalue weighted by Crippen LogP contribution is 2.37. The minimum atomic E-state index is 0.756. The van der Waals surface area contributed by atoms with Crippen LogP contribution in [0, 0.1) is 19.8 Å². The molecule has 1 aromatic carbocycles. The number of hydrogen-bond acceptors (Lipinski definition) is 1. The topological polar surface area (TPSA) is 0 Å². The van der Waals surface area contributed by atoms with Crippen LogP contribution in [0.2, 0.25) is 0 Å². The van der Waals surface area contributed by atoms with E-state index in [4.69, 9.17) is 0 Å². The first-order valence-electron chi connectivity index (χ1n) is 6.47. The van der Waals surface area contributed by atoms with Gasteiger partial charge in [0.25, 0.3) is 0 Å². The van der Waals surface area contributed by atoms with Crippen molar-refractivity contribution >= 4 is 11.8 Å². The monoisotopic (exact) mass is 246 g/mol. The number of benzene rings is 1. The molecule has 1 aliphatic carbocycles. The first kappa shape index (κ1) is 12.8. The lowest BCUT2D eigenvalue weighted by atomic mass is 9.90. The fourth-order valence-electron chi connectivity index (χ4n) is 2.32. The zero-order chi connectivity index (χ0) is 12.4. The number of allylic oxidation sites excluding steroid dienone is 2. The second-order valence-corrected chi connectivity index (χ2v) is 6.60. The summed E-state index contributed by atoms with van der Waals surface area (Å²) in [7, 11) is 0. The van der Waals surface area contributed by atoms with Crippen LogP contribution in [0.1, 0.15) is 37.8 Å². The molecule has 1 heteroatoms. The Labute approximate surface area is 110 Å². The molecule has 0 radical (unpaired) electrons. The van der Waals surface area contributed by atoms with Crippen LogP contribution in [0.15, 0.2) is 34.7 Å². The van der Waals surface area contributed by atoms with Gasteiger partial charge in [-0.2, -0.15) is 0 Å². The van der Waals surface area contributed by atoms with E-state index in [0.29, 0.717) is 0 Å². The molecule has 1 aliphatic rings. The van der Waals surface area contributed by atoms with Crippen molar-refractivity contribution in [3.05, 3.63) is 41.0 Å². The molecular formula is C16H22S. The molecule has 0 saturated carbocycles. The largest absolute Gasteiger partial charge is 0.122 e. The Kier molecular flexibility index (Phi) is 3.98. The van der Waals surface area contributed by atoms with Gasteiger partial charge in [0.1, 0.15) is 0 Å². The van der Waals surface area contributed by atoms with E-state index in [2.05, 4.69) is 63.7 Å². The molecule has 0 amide bonds. The second-order valence-electron chi connectivity index (χ2n) is 5.26. The van der Waals surface area contributed by atoms with E-state index in [9.17, 15) is 0 Å². The van der Waals surface area contributed by atoms with Crippen molar-refractivity contribution in [2.24, 2.45) is 5.92 Å². The summed E-state index contributed by atoms with van der Waals surface area (Å²) in [5, 5.41) is 0.759. The van der Waals surface area contributed by atoms with E-state index in [0.717, 1.165) is 11.2 Å². The van der Waals surface area contributed by atoms with Gasteiger partial charge in [-0.3, -0.25) is 0 Å². The van der Waals surface area contributed by atoms with E-state index in [-0.39, 0.29) is 0 Å². The lowest BCUT2D eigenvalue weighted by Crippen LogP contribution is -2.14. The lowest BCUT2D eigenvalue weighted by molar-refractivity contribution is 0.563. The maximum Gasteiger partial charge on any atom is 0.0135 e. The Morgan fingerprint density at radius 1 is 1.18 bits per heavy atom. The van der Waals surface area contributed by atoms with Crippen molar-refractivity contribution in [2.75, 3.05) is 0 Å². The van der Waals surface area contributed by atoms with Gasteiger partial charge in [-0.25, -0.2) is 0 Å². The van der Waals surface area contributed by atoms with Gasteiger partial charge in [0.05, 0.1) is 0 Å². The summed E-state index contributed by atoms with van der Waals surface area (Å²) in [5.41, 5.74) is 4.44. The Bertz CT molecular complexity index is 431. The fourth-order valence-corrected chi connectivity index (χ4v) is 3.75. The SMILES string of the molecule is CC1=CCC(Sc2cccc(C)c2C)CC1C. The van der Waals surface area contributed by atoms with Crippen LogP contribution in [0.5, 0.6) is 0 Å². The standard InChI is InChI=1S/C16H22S/c1-11-8-9-15(10-13(11)3)17-16-7-5-6-12(2)14(16)4/h5-8,13,15H,9-10H2,1-4H3. The number of rotatable bonds is 2. The van der Waals surface area contributed by atoms with Gasteiger partial charge in [0, 0.05) is 10.1 Å². The minimum absolute atomic E-state index is 0.756. The molecule has 0 saturated heterocycles. The van der Waals surface area contributed by atoms with Crippen LogP contribution in [0.3, 0.4) is 0 Å². The van der Waals surface area contributed by atoms with Crippen LogP contribution >= 0.6 is 11.8 Å². The number of aryl methyl sites for hydroxylation is 1. The predicted octanol–water partition coefficient (Wildman–Crippen LogP) is 5.14. The van der Waals surface area contributed by atoms with E-state index in [1.807, 2.05) is 0 Å². The quantitative estimate of drug-likeness (QED) is 0.651. The van der Waals surface area contributed by atoms with Crippen molar-refractivity contribution in [3.63, 3.8) is 0 Å². The second kappa shape index (κ2) is 5.30.